The van der Waals surface area contributed by atoms with Gasteiger partial charge in [0.05, 0.1) is 5.02 Å². The second kappa shape index (κ2) is 6.02. The van der Waals surface area contributed by atoms with Gasteiger partial charge in [0.1, 0.15) is 6.04 Å². The lowest BCUT2D eigenvalue weighted by atomic mass is 10.1. The molecule has 4 nitrogen and oxygen atoms in total. The van der Waals surface area contributed by atoms with E-state index in [-0.39, 0.29) is 11.9 Å². The minimum absolute atomic E-state index is 0.0744. The Morgan fingerprint density at radius 2 is 2.44 bits per heavy atom. The fourth-order valence-electron chi connectivity index (χ4n) is 2.11. The van der Waals surface area contributed by atoms with Gasteiger partial charge in [0, 0.05) is 50.5 Å². The van der Waals surface area contributed by atoms with E-state index < -0.39 is 0 Å². The van der Waals surface area contributed by atoms with E-state index in [1.165, 1.54) is 4.88 Å². The molecule has 1 aliphatic heterocycles. The average molecular weight is 288 g/mol. The monoisotopic (exact) mass is 287 g/mol. The van der Waals surface area contributed by atoms with Crippen LogP contribution in [0.15, 0.2) is 11.4 Å². The van der Waals surface area contributed by atoms with Crippen molar-refractivity contribution in [2.45, 2.75) is 12.6 Å². The van der Waals surface area contributed by atoms with E-state index in [0.29, 0.717) is 0 Å². The van der Waals surface area contributed by atoms with Gasteiger partial charge >= 0.3 is 0 Å². The van der Waals surface area contributed by atoms with Crippen molar-refractivity contribution in [1.82, 2.24) is 15.1 Å². The van der Waals surface area contributed by atoms with Crippen LogP contribution in [0.4, 0.5) is 0 Å². The Bertz CT molecular complexity index is 421. The van der Waals surface area contributed by atoms with Crippen LogP contribution in [0.2, 0.25) is 5.02 Å². The minimum atomic E-state index is -0.0744. The summed E-state index contributed by atoms with van der Waals surface area (Å²) >= 11 is 7.58. The number of amides is 1. The number of rotatable bonds is 3. The van der Waals surface area contributed by atoms with Crippen LogP contribution in [0, 0.1) is 0 Å². The van der Waals surface area contributed by atoms with Gasteiger partial charge < -0.3 is 10.2 Å². The first-order valence-corrected chi connectivity index (χ1v) is 7.22. The van der Waals surface area contributed by atoms with Crippen molar-refractivity contribution in [1.29, 1.82) is 0 Å². The highest BCUT2D eigenvalue weighted by Crippen LogP contribution is 2.22. The van der Waals surface area contributed by atoms with Gasteiger partial charge in [-0.15, -0.1) is 11.3 Å². The first-order chi connectivity index (χ1) is 8.58. The van der Waals surface area contributed by atoms with Gasteiger partial charge in [0.2, 0.25) is 5.91 Å². The van der Waals surface area contributed by atoms with Crippen LogP contribution < -0.4 is 5.32 Å². The molecule has 1 N–H and O–H groups in total. The maximum atomic E-state index is 12.1. The lowest BCUT2D eigenvalue weighted by Gasteiger charge is -2.36. The molecule has 1 aliphatic rings. The smallest absolute Gasteiger partial charge is 0.240 e. The molecule has 18 heavy (non-hydrogen) atoms. The number of thiophene rings is 1. The SMILES string of the molecule is CN(C)C(=O)C1CNCCN1Cc1cc(Cl)cs1. The standard InChI is InChI=1S/C12H18ClN3OS/c1-15(2)12(17)11-6-14-3-4-16(11)7-10-5-9(13)8-18-10/h5,8,11,14H,3-4,6-7H2,1-2H3. The first-order valence-electron chi connectivity index (χ1n) is 5.97. The van der Waals surface area contributed by atoms with Crippen molar-refractivity contribution in [3.05, 3.63) is 21.3 Å². The highest BCUT2D eigenvalue weighted by atomic mass is 35.5. The van der Waals surface area contributed by atoms with E-state index in [1.807, 2.05) is 11.4 Å². The summed E-state index contributed by atoms with van der Waals surface area (Å²) in [5.74, 6) is 0.157. The van der Waals surface area contributed by atoms with Crippen LogP contribution in [-0.4, -0.2) is 55.5 Å². The zero-order chi connectivity index (χ0) is 13.1. The molecule has 0 spiro atoms. The normalized spacial score (nSPS) is 20.9. The van der Waals surface area contributed by atoms with Gasteiger partial charge in [-0.3, -0.25) is 9.69 Å². The lowest BCUT2D eigenvalue weighted by molar-refractivity contribution is -0.135. The van der Waals surface area contributed by atoms with Crippen LogP contribution in [-0.2, 0) is 11.3 Å². The summed E-state index contributed by atoms with van der Waals surface area (Å²) in [5, 5.41) is 5.99. The van der Waals surface area contributed by atoms with Gasteiger partial charge in [-0.05, 0) is 6.07 Å². The van der Waals surface area contributed by atoms with E-state index >= 15 is 0 Å². The number of hydrogen-bond donors (Lipinski definition) is 1. The van der Waals surface area contributed by atoms with Crippen molar-refractivity contribution in [3.8, 4) is 0 Å². The number of halogens is 1. The number of nitrogens with zero attached hydrogens (tertiary/aromatic N) is 2. The van der Waals surface area contributed by atoms with Gasteiger partial charge in [0.25, 0.3) is 0 Å². The van der Waals surface area contributed by atoms with Crippen molar-refractivity contribution in [3.63, 3.8) is 0 Å². The molecule has 2 heterocycles. The molecular formula is C12H18ClN3OS. The third-order valence-corrected chi connectivity index (χ3v) is 4.33. The number of likely N-dealkylation sites (N-methyl/N-ethyl adjacent to an activating group) is 1. The number of hydrogen-bond acceptors (Lipinski definition) is 4. The van der Waals surface area contributed by atoms with Crippen molar-refractivity contribution in [2.24, 2.45) is 0 Å². The van der Waals surface area contributed by atoms with Crippen molar-refractivity contribution >= 4 is 28.8 Å². The Hall–Kier alpha value is -0.620. The minimum Gasteiger partial charge on any atom is -0.347 e. The predicted molar refractivity (Wildman–Crippen MR) is 75.1 cm³/mol. The molecule has 1 saturated heterocycles. The maximum Gasteiger partial charge on any atom is 0.240 e. The third kappa shape index (κ3) is 3.23. The molecule has 0 aromatic carbocycles. The molecule has 0 bridgehead atoms. The molecule has 6 heteroatoms. The summed E-state index contributed by atoms with van der Waals surface area (Å²) in [6.07, 6.45) is 0. The second-order valence-corrected chi connectivity index (χ2v) is 6.09. The van der Waals surface area contributed by atoms with E-state index in [0.717, 1.165) is 31.2 Å². The van der Waals surface area contributed by atoms with Crippen LogP contribution in [0.3, 0.4) is 0 Å². The molecule has 1 aromatic rings. The molecule has 1 unspecified atom stereocenters. The second-order valence-electron chi connectivity index (χ2n) is 4.65. The topological polar surface area (TPSA) is 35.6 Å². The molecular weight excluding hydrogens is 270 g/mol. The summed E-state index contributed by atoms with van der Waals surface area (Å²) < 4.78 is 0. The quantitative estimate of drug-likeness (QED) is 0.909. The molecule has 100 valence electrons. The van der Waals surface area contributed by atoms with E-state index in [1.54, 1.807) is 30.3 Å². The summed E-state index contributed by atoms with van der Waals surface area (Å²) in [6, 6.07) is 1.90. The molecule has 0 aliphatic carbocycles. The predicted octanol–water partition coefficient (Wildman–Crippen LogP) is 1.26. The summed E-state index contributed by atoms with van der Waals surface area (Å²) in [4.78, 5) is 17.2. The molecule has 1 aromatic heterocycles. The van der Waals surface area contributed by atoms with Crippen molar-refractivity contribution < 1.29 is 4.79 Å². The lowest BCUT2D eigenvalue weighted by Crippen LogP contribution is -2.57. The third-order valence-electron chi connectivity index (χ3n) is 3.06. The van der Waals surface area contributed by atoms with Gasteiger partial charge in [-0.1, -0.05) is 11.6 Å². The van der Waals surface area contributed by atoms with Gasteiger partial charge in [0.15, 0.2) is 0 Å². The maximum absolute atomic E-state index is 12.1. The number of carbonyl (C=O) groups is 1. The largest absolute Gasteiger partial charge is 0.347 e. The van der Waals surface area contributed by atoms with Crippen LogP contribution in [0.1, 0.15) is 4.88 Å². The van der Waals surface area contributed by atoms with Crippen LogP contribution >= 0.6 is 22.9 Å². The number of nitrogens with one attached hydrogen (secondary N) is 1. The summed E-state index contributed by atoms with van der Waals surface area (Å²) in [5.41, 5.74) is 0. The molecule has 2 rings (SSSR count). The fourth-order valence-corrected chi connectivity index (χ4v) is 3.21. The highest BCUT2D eigenvalue weighted by Gasteiger charge is 2.29. The Labute approximate surface area is 117 Å². The zero-order valence-electron chi connectivity index (χ0n) is 10.6. The van der Waals surface area contributed by atoms with Crippen LogP contribution in [0.5, 0.6) is 0 Å². The number of carbonyl (C=O) groups excluding carboxylic acids is 1. The van der Waals surface area contributed by atoms with E-state index in [2.05, 4.69) is 10.2 Å². The Morgan fingerprint density at radius 1 is 1.67 bits per heavy atom. The van der Waals surface area contributed by atoms with Crippen LogP contribution in [0.25, 0.3) is 0 Å². The highest BCUT2D eigenvalue weighted by molar-refractivity contribution is 7.10. The van der Waals surface area contributed by atoms with E-state index in [9.17, 15) is 4.79 Å². The number of piperazine rings is 1. The first kappa shape index (κ1) is 13.8. The molecule has 1 fully saturated rings. The van der Waals surface area contributed by atoms with Crippen molar-refractivity contribution in [2.75, 3.05) is 33.7 Å². The Kier molecular flexibility index (Phi) is 4.61. The van der Waals surface area contributed by atoms with E-state index in [4.69, 9.17) is 11.6 Å². The molecule has 0 saturated carbocycles. The molecule has 1 amide bonds. The fraction of sp³-hybridized carbons (Fsp3) is 0.583. The zero-order valence-corrected chi connectivity index (χ0v) is 12.2. The molecule has 1 atom stereocenters. The Balaban J connectivity index is 2.06. The summed E-state index contributed by atoms with van der Waals surface area (Å²) in [7, 11) is 3.61. The summed E-state index contributed by atoms with van der Waals surface area (Å²) in [6.45, 7) is 3.33. The average Bonchev–Trinajstić information content (AvgIpc) is 2.74. The Morgan fingerprint density at radius 3 is 3.06 bits per heavy atom. The van der Waals surface area contributed by atoms with Gasteiger partial charge in [-0.2, -0.15) is 0 Å². The molecule has 0 radical (unpaired) electrons. The van der Waals surface area contributed by atoms with Gasteiger partial charge in [-0.25, -0.2) is 0 Å².